The van der Waals surface area contributed by atoms with Gasteiger partial charge in [0.1, 0.15) is 22.8 Å². The molecule has 2 bridgehead atoms. The Morgan fingerprint density at radius 3 is 2.45 bits per heavy atom. The van der Waals surface area contributed by atoms with Gasteiger partial charge in [-0.25, -0.2) is 24.1 Å². The Bertz CT molecular complexity index is 1850. The van der Waals surface area contributed by atoms with E-state index in [1.54, 1.807) is 23.4 Å². The lowest BCUT2D eigenvalue weighted by molar-refractivity contribution is 0.0364. The van der Waals surface area contributed by atoms with Gasteiger partial charge in [0.15, 0.2) is 5.82 Å². The Balaban J connectivity index is 1.17. The molecule has 2 aromatic heterocycles. The summed E-state index contributed by atoms with van der Waals surface area (Å²) in [6.45, 7) is 5.52. The molecule has 10 heteroatoms. The van der Waals surface area contributed by atoms with Crippen molar-refractivity contribution in [3.05, 3.63) is 76.9 Å². The molecule has 2 amide bonds. The van der Waals surface area contributed by atoms with Crippen molar-refractivity contribution >= 4 is 23.0 Å². The quantitative estimate of drug-likeness (QED) is 0.288. The van der Waals surface area contributed by atoms with E-state index in [0.717, 1.165) is 65.7 Å². The van der Waals surface area contributed by atoms with Gasteiger partial charge in [0.05, 0.1) is 23.1 Å². The van der Waals surface area contributed by atoms with Crippen LogP contribution in [0.15, 0.2) is 42.7 Å². The highest BCUT2D eigenvalue weighted by molar-refractivity contribution is 5.97. The number of nitrogens with zero attached hydrogens (tertiary/aromatic N) is 5. The first-order chi connectivity index (χ1) is 21.0. The zero-order valence-corrected chi connectivity index (χ0v) is 25.4. The number of fused-ring (bicyclic) bond motifs is 9. The number of aromatic nitrogens is 4. The summed E-state index contributed by atoms with van der Waals surface area (Å²) in [7, 11) is 1.82. The Kier molecular flexibility index (Phi) is 5.77. The van der Waals surface area contributed by atoms with Gasteiger partial charge in [-0.3, -0.25) is 4.79 Å². The van der Waals surface area contributed by atoms with Crippen LogP contribution >= 0.6 is 0 Å². The molecule has 2 saturated carbocycles. The fourth-order valence-corrected chi connectivity index (χ4v) is 7.29. The number of halogens is 1. The molecule has 0 saturated heterocycles. The topological polar surface area (TPSA) is 102 Å². The van der Waals surface area contributed by atoms with E-state index in [9.17, 15) is 9.59 Å². The molecule has 0 spiro atoms. The van der Waals surface area contributed by atoms with Gasteiger partial charge in [0.25, 0.3) is 5.91 Å². The van der Waals surface area contributed by atoms with Crippen molar-refractivity contribution in [1.82, 2.24) is 29.7 Å². The molecule has 2 aromatic carbocycles. The average Bonchev–Trinajstić information content (AvgIpc) is 3.65. The molecule has 2 aliphatic carbocycles. The van der Waals surface area contributed by atoms with Gasteiger partial charge in [-0.2, -0.15) is 0 Å². The van der Waals surface area contributed by atoms with Gasteiger partial charge in [-0.15, -0.1) is 0 Å². The van der Waals surface area contributed by atoms with E-state index < -0.39 is 17.2 Å². The van der Waals surface area contributed by atoms with E-state index in [1.807, 2.05) is 40.0 Å². The predicted molar refractivity (Wildman–Crippen MR) is 162 cm³/mol. The molecule has 9 nitrogen and oxygen atoms in total. The SMILES string of the molecule is CN1C(=O)c2ccc(F)c(C3CC3)c2[C@H]2C[C@@H]1c1nc3ccc(-c4cnc(C5(NC(=O)OC(C)(C)C)CCC5)nc4)cc3n12. The Labute approximate surface area is 254 Å². The molecule has 4 heterocycles. The van der Waals surface area contributed by atoms with E-state index in [1.165, 1.54) is 6.07 Å². The third kappa shape index (κ3) is 4.13. The summed E-state index contributed by atoms with van der Waals surface area (Å²) in [5.41, 5.74) is 4.45. The third-order valence-corrected chi connectivity index (χ3v) is 9.70. The van der Waals surface area contributed by atoms with Crippen LogP contribution < -0.4 is 5.32 Å². The normalized spacial score (nSPS) is 21.8. The van der Waals surface area contributed by atoms with E-state index in [2.05, 4.69) is 16.0 Å². The number of carbonyl (C=O) groups is 2. The molecule has 2 atom stereocenters. The van der Waals surface area contributed by atoms with Crippen molar-refractivity contribution in [2.75, 3.05) is 7.05 Å². The molecular formula is C34H35FN6O3. The van der Waals surface area contributed by atoms with Crippen LogP contribution in [0.4, 0.5) is 9.18 Å². The lowest BCUT2D eigenvalue weighted by Crippen LogP contribution is -2.53. The monoisotopic (exact) mass is 594 g/mol. The van der Waals surface area contributed by atoms with Crippen molar-refractivity contribution in [3.8, 4) is 11.1 Å². The van der Waals surface area contributed by atoms with Crippen molar-refractivity contribution < 1.29 is 18.7 Å². The largest absolute Gasteiger partial charge is 0.444 e. The van der Waals surface area contributed by atoms with Gasteiger partial charge in [0.2, 0.25) is 0 Å². The van der Waals surface area contributed by atoms with Crippen molar-refractivity contribution in [1.29, 1.82) is 0 Å². The number of benzene rings is 2. The molecule has 0 unspecified atom stereocenters. The van der Waals surface area contributed by atoms with Crippen molar-refractivity contribution in [3.63, 3.8) is 0 Å². The molecule has 4 aliphatic rings. The summed E-state index contributed by atoms with van der Waals surface area (Å²) >= 11 is 0. The molecule has 2 aliphatic heterocycles. The second kappa shape index (κ2) is 9.33. The van der Waals surface area contributed by atoms with Gasteiger partial charge in [0, 0.05) is 37.0 Å². The standard InChI is InChI=1S/C34H35FN6O3/c1-33(2,3)44-32(43)39-34(12-5-13-34)31-36-16-20(17-37-31)19-8-11-23-24(14-19)41-25-15-26(29(41)38-23)40(4)30(42)21-9-10-22(35)27(28(21)25)18-6-7-18/h8-11,14,16-18,25-26H,5-7,12-13,15H2,1-4H3,(H,39,43)/t25-,26-/m1/s1. The van der Waals surface area contributed by atoms with Crippen LogP contribution in [0.3, 0.4) is 0 Å². The van der Waals surface area contributed by atoms with E-state index in [-0.39, 0.29) is 29.7 Å². The molecule has 4 aromatic rings. The minimum Gasteiger partial charge on any atom is -0.444 e. The molecule has 226 valence electrons. The molecule has 0 radical (unpaired) electrons. The number of hydrogen-bond acceptors (Lipinski definition) is 6. The summed E-state index contributed by atoms with van der Waals surface area (Å²) in [6.07, 6.45) is 8.17. The first-order valence-electron chi connectivity index (χ1n) is 15.5. The summed E-state index contributed by atoms with van der Waals surface area (Å²) in [4.78, 5) is 42.3. The van der Waals surface area contributed by atoms with E-state index in [0.29, 0.717) is 23.4 Å². The van der Waals surface area contributed by atoms with E-state index >= 15 is 4.39 Å². The number of amides is 2. The second-order valence-electron chi connectivity index (χ2n) is 13.8. The van der Waals surface area contributed by atoms with Crippen LogP contribution in [0.1, 0.15) is 110 Å². The molecule has 1 N–H and O–H groups in total. The molecule has 8 rings (SSSR count). The second-order valence-corrected chi connectivity index (χ2v) is 13.8. The molecule has 44 heavy (non-hydrogen) atoms. The van der Waals surface area contributed by atoms with Gasteiger partial charge < -0.3 is 19.5 Å². The van der Waals surface area contributed by atoms with Crippen LogP contribution in [-0.4, -0.2) is 49.1 Å². The van der Waals surface area contributed by atoms with Crippen LogP contribution in [0.5, 0.6) is 0 Å². The summed E-state index contributed by atoms with van der Waals surface area (Å²) in [5.74, 6) is 1.28. The summed E-state index contributed by atoms with van der Waals surface area (Å²) in [6, 6.07) is 8.84. The van der Waals surface area contributed by atoms with Gasteiger partial charge in [-0.1, -0.05) is 6.07 Å². The lowest BCUT2D eigenvalue weighted by Gasteiger charge is -2.41. The maximum Gasteiger partial charge on any atom is 0.408 e. The minimum atomic E-state index is -0.627. The third-order valence-electron chi connectivity index (χ3n) is 9.70. The zero-order chi connectivity index (χ0) is 30.5. The number of rotatable bonds is 4. The maximum atomic E-state index is 15.3. The van der Waals surface area contributed by atoms with Crippen molar-refractivity contribution in [2.45, 2.75) is 88.4 Å². The van der Waals surface area contributed by atoms with Crippen molar-refractivity contribution in [2.24, 2.45) is 0 Å². The zero-order valence-electron chi connectivity index (χ0n) is 25.4. The number of alkyl carbamates (subject to hydrolysis) is 1. The van der Waals surface area contributed by atoms with Gasteiger partial charge >= 0.3 is 6.09 Å². The molecular weight excluding hydrogens is 559 g/mol. The maximum absolute atomic E-state index is 15.3. The van der Waals surface area contributed by atoms with Crippen LogP contribution in [0, 0.1) is 5.82 Å². The van der Waals surface area contributed by atoms with Gasteiger partial charge in [-0.05, 0) is 99.7 Å². The first-order valence-corrected chi connectivity index (χ1v) is 15.5. The highest BCUT2D eigenvalue weighted by Gasteiger charge is 2.47. The average molecular weight is 595 g/mol. The van der Waals surface area contributed by atoms with Crippen LogP contribution in [0.2, 0.25) is 0 Å². The molecule has 2 fully saturated rings. The van der Waals surface area contributed by atoms with Crippen LogP contribution in [0.25, 0.3) is 22.2 Å². The smallest absolute Gasteiger partial charge is 0.408 e. The summed E-state index contributed by atoms with van der Waals surface area (Å²) in [5, 5.41) is 3.02. The van der Waals surface area contributed by atoms with E-state index in [4.69, 9.17) is 19.7 Å². The van der Waals surface area contributed by atoms with Crippen LogP contribution in [-0.2, 0) is 10.3 Å². The Morgan fingerprint density at radius 1 is 1.05 bits per heavy atom. The number of carbonyl (C=O) groups excluding carboxylic acids is 2. The Morgan fingerprint density at radius 2 is 1.80 bits per heavy atom. The first kappa shape index (κ1) is 27.2. The highest BCUT2D eigenvalue weighted by atomic mass is 19.1. The predicted octanol–water partition coefficient (Wildman–Crippen LogP) is 6.53. The number of ether oxygens (including phenoxy) is 1. The number of imidazole rings is 1. The summed E-state index contributed by atoms with van der Waals surface area (Å²) < 4.78 is 23.1. The number of nitrogens with one attached hydrogen (secondary N) is 1. The fourth-order valence-electron chi connectivity index (χ4n) is 7.29. The number of hydrogen-bond donors (Lipinski definition) is 1. The minimum absolute atomic E-state index is 0.0731. The Hall–Kier alpha value is -4.34. The fraction of sp³-hybridized carbons (Fsp3) is 0.441. The lowest BCUT2D eigenvalue weighted by atomic mass is 9.76. The highest BCUT2D eigenvalue weighted by Crippen LogP contribution is 2.53.